The minimum atomic E-state index is 0.484. The van der Waals surface area contributed by atoms with Gasteiger partial charge in [0, 0.05) is 25.0 Å². The molecule has 19 heavy (non-hydrogen) atoms. The maximum absolute atomic E-state index is 5.92. The first-order chi connectivity index (χ1) is 9.28. The summed E-state index contributed by atoms with van der Waals surface area (Å²) in [6, 6.07) is 2.07. The van der Waals surface area contributed by atoms with Crippen molar-refractivity contribution >= 4 is 22.6 Å². The smallest absolute Gasteiger partial charge is 0.111 e. The van der Waals surface area contributed by atoms with Gasteiger partial charge in [-0.3, -0.25) is 4.98 Å². The van der Waals surface area contributed by atoms with Crippen molar-refractivity contribution in [1.82, 2.24) is 14.5 Å². The fourth-order valence-corrected chi connectivity index (χ4v) is 3.29. The van der Waals surface area contributed by atoms with E-state index in [2.05, 4.69) is 22.5 Å². The quantitative estimate of drug-likeness (QED) is 0.779. The van der Waals surface area contributed by atoms with Crippen molar-refractivity contribution in [1.29, 1.82) is 0 Å². The predicted molar refractivity (Wildman–Crippen MR) is 78.5 cm³/mol. The molecule has 1 fully saturated rings. The van der Waals surface area contributed by atoms with Crippen LogP contribution in [0.5, 0.6) is 0 Å². The van der Waals surface area contributed by atoms with Crippen LogP contribution >= 0.6 is 11.6 Å². The van der Waals surface area contributed by atoms with Crippen molar-refractivity contribution in [3.8, 4) is 0 Å². The van der Waals surface area contributed by atoms with Crippen molar-refractivity contribution in [2.75, 3.05) is 5.88 Å². The van der Waals surface area contributed by atoms with Crippen LogP contribution < -0.4 is 0 Å². The van der Waals surface area contributed by atoms with E-state index < -0.39 is 0 Å². The van der Waals surface area contributed by atoms with E-state index in [0.29, 0.717) is 11.3 Å². The van der Waals surface area contributed by atoms with Gasteiger partial charge in [-0.2, -0.15) is 0 Å². The number of imidazole rings is 1. The van der Waals surface area contributed by atoms with Crippen LogP contribution in [0.25, 0.3) is 11.0 Å². The normalized spacial score (nSPS) is 17.6. The first-order valence-electron chi connectivity index (χ1n) is 7.13. The second kappa shape index (κ2) is 5.12. The number of fused-ring (bicyclic) bond motifs is 1. The standard InChI is InChI=1S/C15H20ClN3/c1-2-15(6-3-7-15)11-19-13-5-9-17-10-12(13)18-14(19)4-8-16/h5,9-10H,2-4,6-8,11H2,1H3. The zero-order chi connectivity index (χ0) is 13.3. The van der Waals surface area contributed by atoms with Crippen LogP contribution in [0, 0.1) is 5.41 Å². The molecular weight excluding hydrogens is 258 g/mol. The third-order valence-corrected chi connectivity index (χ3v) is 4.79. The molecule has 2 heterocycles. The van der Waals surface area contributed by atoms with E-state index in [1.165, 1.54) is 31.2 Å². The minimum absolute atomic E-state index is 0.484. The van der Waals surface area contributed by atoms with E-state index in [4.69, 9.17) is 16.6 Å². The first kappa shape index (κ1) is 12.9. The molecule has 0 aromatic carbocycles. The van der Waals surface area contributed by atoms with Crippen molar-refractivity contribution in [3.63, 3.8) is 0 Å². The molecule has 1 aliphatic rings. The second-order valence-electron chi connectivity index (χ2n) is 5.62. The summed E-state index contributed by atoms with van der Waals surface area (Å²) >= 11 is 5.92. The van der Waals surface area contributed by atoms with Gasteiger partial charge in [-0.1, -0.05) is 13.3 Å². The van der Waals surface area contributed by atoms with Gasteiger partial charge in [-0.05, 0) is 30.7 Å². The molecule has 2 aromatic heterocycles. The molecule has 2 aromatic rings. The minimum Gasteiger partial charge on any atom is -0.327 e. The maximum atomic E-state index is 5.92. The van der Waals surface area contributed by atoms with E-state index >= 15 is 0 Å². The summed E-state index contributed by atoms with van der Waals surface area (Å²) in [7, 11) is 0. The van der Waals surface area contributed by atoms with Crippen LogP contribution in [-0.2, 0) is 13.0 Å². The van der Waals surface area contributed by atoms with E-state index in [1.54, 1.807) is 0 Å². The van der Waals surface area contributed by atoms with Gasteiger partial charge in [0.05, 0.1) is 11.7 Å². The molecule has 0 bridgehead atoms. The van der Waals surface area contributed by atoms with Crippen molar-refractivity contribution < 1.29 is 0 Å². The predicted octanol–water partition coefficient (Wildman–Crippen LogP) is 3.79. The highest BCUT2D eigenvalue weighted by atomic mass is 35.5. The molecule has 3 rings (SSSR count). The number of pyridine rings is 1. The number of alkyl halides is 1. The lowest BCUT2D eigenvalue weighted by Crippen LogP contribution is -2.34. The number of halogens is 1. The molecule has 1 saturated carbocycles. The average molecular weight is 278 g/mol. The molecule has 1 aliphatic carbocycles. The van der Waals surface area contributed by atoms with Gasteiger partial charge in [-0.15, -0.1) is 11.6 Å². The Hall–Kier alpha value is -1.09. The summed E-state index contributed by atoms with van der Waals surface area (Å²) in [6.07, 6.45) is 9.83. The lowest BCUT2D eigenvalue weighted by atomic mass is 9.67. The fourth-order valence-electron chi connectivity index (χ4n) is 3.12. The summed E-state index contributed by atoms with van der Waals surface area (Å²) < 4.78 is 2.38. The lowest BCUT2D eigenvalue weighted by molar-refractivity contribution is 0.101. The van der Waals surface area contributed by atoms with Crippen LogP contribution in [0.4, 0.5) is 0 Å². The molecule has 0 atom stereocenters. The Balaban J connectivity index is 2.02. The lowest BCUT2D eigenvalue weighted by Gasteiger charge is -2.42. The number of hydrogen-bond acceptors (Lipinski definition) is 2. The zero-order valence-electron chi connectivity index (χ0n) is 11.4. The largest absolute Gasteiger partial charge is 0.327 e. The highest BCUT2D eigenvalue weighted by molar-refractivity contribution is 6.17. The SMILES string of the molecule is CCC1(Cn2c(CCCl)nc3cnccc32)CCC1. The molecule has 3 nitrogen and oxygen atoms in total. The van der Waals surface area contributed by atoms with E-state index in [-0.39, 0.29) is 0 Å². The molecule has 0 aliphatic heterocycles. The molecule has 0 radical (unpaired) electrons. The Morgan fingerprint density at radius 2 is 2.26 bits per heavy atom. The Labute approximate surface area is 119 Å². The molecule has 0 amide bonds. The fraction of sp³-hybridized carbons (Fsp3) is 0.600. The number of hydrogen-bond donors (Lipinski definition) is 0. The molecule has 0 unspecified atom stereocenters. The van der Waals surface area contributed by atoms with Gasteiger partial charge in [0.25, 0.3) is 0 Å². The van der Waals surface area contributed by atoms with Gasteiger partial charge in [0.15, 0.2) is 0 Å². The van der Waals surface area contributed by atoms with Gasteiger partial charge < -0.3 is 4.57 Å². The summed E-state index contributed by atoms with van der Waals surface area (Å²) in [5, 5.41) is 0. The zero-order valence-corrected chi connectivity index (χ0v) is 12.2. The Morgan fingerprint density at radius 3 is 2.89 bits per heavy atom. The van der Waals surface area contributed by atoms with E-state index in [1.807, 2.05) is 12.4 Å². The second-order valence-corrected chi connectivity index (χ2v) is 6.00. The van der Waals surface area contributed by atoms with Crippen molar-refractivity contribution in [2.45, 2.75) is 45.6 Å². The first-order valence-corrected chi connectivity index (χ1v) is 7.66. The van der Waals surface area contributed by atoms with Crippen LogP contribution in [0.1, 0.15) is 38.4 Å². The third-order valence-electron chi connectivity index (χ3n) is 4.61. The topological polar surface area (TPSA) is 30.7 Å². The van der Waals surface area contributed by atoms with Crippen LogP contribution in [0.15, 0.2) is 18.5 Å². The van der Waals surface area contributed by atoms with Crippen molar-refractivity contribution in [3.05, 3.63) is 24.3 Å². The summed E-state index contributed by atoms with van der Waals surface area (Å²) in [4.78, 5) is 8.86. The number of nitrogens with zero attached hydrogens (tertiary/aromatic N) is 3. The monoisotopic (exact) mass is 277 g/mol. The van der Waals surface area contributed by atoms with Gasteiger partial charge >= 0.3 is 0 Å². The number of aromatic nitrogens is 3. The van der Waals surface area contributed by atoms with E-state index in [9.17, 15) is 0 Å². The van der Waals surface area contributed by atoms with Crippen LogP contribution in [-0.4, -0.2) is 20.4 Å². The molecule has 0 spiro atoms. The van der Waals surface area contributed by atoms with Gasteiger partial charge in [0.2, 0.25) is 0 Å². The van der Waals surface area contributed by atoms with Gasteiger partial charge in [-0.25, -0.2) is 4.98 Å². The average Bonchev–Trinajstić information content (AvgIpc) is 2.72. The van der Waals surface area contributed by atoms with E-state index in [0.717, 1.165) is 24.3 Å². The molecule has 0 N–H and O–H groups in total. The Kier molecular flexibility index (Phi) is 3.48. The highest BCUT2D eigenvalue weighted by Crippen LogP contribution is 2.45. The molecule has 102 valence electrons. The van der Waals surface area contributed by atoms with Crippen LogP contribution in [0.3, 0.4) is 0 Å². The number of rotatable bonds is 5. The summed E-state index contributed by atoms with van der Waals surface area (Å²) in [6.45, 7) is 3.39. The van der Waals surface area contributed by atoms with Gasteiger partial charge in [0.1, 0.15) is 11.3 Å². The number of aryl methyl sites for hydroxylation is 1. The van der Waals surface area contributed by atoms with Crippen molar-refractivity contribution in [2.24, 2.45) is 5.41 Å². The maximum Gasteiger partial charge on any atom is 0.111 e. The molecule has 4 heteroatoms. The Bertz CT molecular complexity index is 566. The Morgan fingerprint density at radius 1 is 1.42 bits per heavy atom. The third kappa shape index (κ3) is 2.25. The highest BCUT2D eigenvalue weighted by Gasteiger charge is 2.36. The summed E-state index contributed by atoms with van der Waals surface area (Å²) in [5.74, 6) is 1.73. The summed E-state index contributed by atoms with van der Waals surface area (Å²) in [5.41, 5.74) is 2.68. The molecule has 0 saturated heterocycles. The molecular formula is C15H20ClN3. The van der Waals surface area contributed by atoms with Crippen LogP contribution in [0.2, 0.25) is 0 Å².